The van der Waals surface area contributed by atoms with Gasteiger partial charge in [0.05, 0.1) is 17.7 Å². The van der Waals surface area contributed by atoms with Crippen LogP contribution in [0.1, 0.15) is 39.4 Å². The molecule has 2 aromatic carbocycles. The zero-order valence-corrected chi connectivity index (χ0v) is 19.0. The van der Waals surface area contributed by atoms with Crippen LogP contribution in [0, 0.1) is 0 Å². The molecule has 1 amide bonds. The van der Waals surface area contributed by atoms with Crippen molar-refractivity contribution >= 4 is 68.8 Å². The standard InChI is InChI=1S/C21H20ClN3O3S.ClH/c1-11(2)24-19(23)12-4-7-14(8-5-12)25-20(26)18-17(22)15-9-6-13(21(27)28-3)10-16(15)29-18;/h4-11H,1-3H3,(H2,23,24)(H,25,26);1H. The monoisotopic (exact) mass is 465 g/mol. The number of hydrogen-bond acceptors (Lipinski definition) is 5. The lowest BCUT2D eigenvalue weighted by molar-refractivity contribution is 0.0601. The normalized spacial score (nSPS) is 11.3. The van der Waals surface area contributed by atoms with E-state index in [1.165, 1.54) is 18.4 Å². The van der Waals surface area contributed by atoms with Gasteiger partial charge in [-0.15, -0.1) is 23.7 Å². The van der Waals surface area contributed by atoms with E-state index in [2.05, 4.69) is 10.3 Å². The Morgan fingerprint density at radius 2 is 1.77 bits per heavy atom. The highest BCUT2D eigenvalue weighted by Crippen LogP contribution is 2.36. The Kier molecular flexibility index (Phi) is 7.83. The first-order chi connectivity index (χ1) is 13.8. The lowest BCUT2D eigenvalue weighted by Gasteiger charge is -2.07. The number of nitrogens with two attached hydrogens (primary N) is 1. The quantitative estimate of drug-likeness (QED) is 0.310. The summed E-state index contributed by atoms with van der Waals surface area (Å²) in [5, 5.41) is 3.89. The summed E-state index contributed by atoms with van der Waals surface area (Å²) in [5.74, 6) is -0.318. The molecule has 1 aromatic heterocycles. The highest BCUT2D eigenvalue weighted by molar-refractivity contribution is 7.21. The Morgan fingerprint density at radius 1 is 1.13 bits per heavy atom. The molecule has 6 nitrogen and oxygen atoms in total. The molecule has 0 saturated heterocycles. The summed E-state index contributed by atoms with van der Waals surface area (Å²) in [4.78, 5) is 29.1. The summed E-state index contributed by atoms with van der Waals surface area (Å²) < 4.78 is 5.46. The minimum atomic E-state index is -0.442. The Balaban J connectivity index is 0.00000320. The molecule has 0 radical (unpaired) electrons. The number of benzene rings is 2. The third kappa shape index (κ3) is 5.11. The number of methoxy groups -OCH3 is 1. The first-order valence-corrected chi connectivity index (χ1v) is 10.0. The fourth-order valence-corrected chi connectivity index (χ4v) is 4.17. The first kappa shape index (κ1) is 23.7. The van der Waals surface area contributed by atoms with Crippen molar-refractivity contribution in [2.24, 2.45) is 10.7 Å². The third-order valence-corrected chi connectivity index (χ3v) is 5.75. The summed E-state index contributed by atoms with van der Waals surface area (Å²) in [6, 6.07) is 12.2. The maximum atomic E-state index is 12.7. The van der Waals surface area contributed by atoms with E-state index < -0.39 is 5.97 Å². The molecule has 1 heterocycles. The molecule has 0 bridgehead atoms. The number of ether oxygens (including phenoxy) is 1. The van der Waals surface area contributed by atoms with Crippen LogP contribution in [0.15, 0.2) is 47.5 Å². The molecule has 0 aliphatic heterocycles. The van der Waals surface area contributed by atoms with Crippen molar-refractivity contribution in [2.75, 3.05) is 12.4 Å². The molecule has 9 heteroatoms. The van der Waals surface area contributed by atoms with Gasteiger partial charge in [0.25, 0.3) is 5.91 Å². The lowest BCUT2D eigenvalue weighted by Crippen LogP contribution is -2.16. The summed E-state index contributed by atoms with van der Waals surface area (Å²) >= 11 is 7.62. The van der Waals surface area contributed by atoms with Crippen LogP contribution < -0.4 is 11.1 Å². The summed E-state index contributed by atoms with van der Waals surface area (Å²) in [6.07, 6.45) is 0. The van der Waals surface area contributed by atoms with E-state index in [0.717, 1.165) is 10.3 Å². The number of hydrogen-bond donors (Lipinski definition) is 2. The van der Waals surface area contributed by atoms with Crippen molar-refractivity contribution < 1.29 is 14.3 Å². The number of carbonyl (C=O) groups excluding carboxylic acids is 2. The Morgan fingerprint density at radius 3 is 2.37 bits per heavy atom. The van der Waals surface area contributed by atoms with Crippen LogP contribution in [0.2, 0.25) is 5.02 Å². The molecule has 3 aromatic rings. The van der Waals surface area contributed by atoms with Gasteiger partial charge in [-0.1, -0.05) is 17.7 Å². The van der Waals surface area contributed by atoms with Gasteiger partial charge in [0.1, 0.15) is 10.7 Å². The molecule has 0 atom stereocenters. The van der Waals surface area contributed by atoms with Crippen molar-refractivity contribution in [3.63, 3.8) is 0 Å². The SMILES string of the molecule is COC(=O)c1ccc2c(Cl)c(C(=O)Nc3ccc(C(N)=NC(C)C)cc3)sc2c1.Cl. The van der Waals surface area contributed by atoms with Gasteiger partial charge in [0.15, 0.2) is 0 Å². The maximum Gasteiger partial charge on any atom is 0.337 e. The Hall–Kier alpha value is -2.61. The number of halogens is 2. The Bertz CT molecular complexity index is 1110. The summed E-state index contributed by atoms with van der Waals surface area (Å²) in [6.45, 7) is 3.90. The second-order valence-corrected chi connectivity index (χ2v) is 8.02. The number of amidine groups is 1. The maximum absolute atomic E-state index is 12.7. The smallest absolute Gasteiger partial charge is 0.337 e. The van der Waals surface area contributed by atoms with Gasteiger partial charge in [-0.05, 0) is 50.2 Å². The highest BCUT2D eigenvalue weighted by Gasteiger charge is 2.19. The minimum Gasteiger partial charge on any atom is -0.465 e. The number of aliphatic imine (C=N–C) groups is 1. The van der Waals surface area contributed by atoms with E-state index in [9.17, 15) is 9.59 Å². The van der Waals surface area contributed by atoms with Gasteiger partial charge in [0.2, 0.25) is 0 Å². The van der Waals surface area contributed by atoms with Gasteiger partial charge in [-0.2, -0.15) is 0 Å². The predicted octanol–water partition coefficient (Wildman–Crippen LogP) is 5.13. The number of amides is 1. The molecule has 0 unspecified atom stereocenters. The average Bonchev–Trinajstić information content (AvgIpc) is 3.03. The van der Waals surface area contributed by atoms with Gasteiger partial charge in [-0.3, -0.25) is 9.79 Å². The van der Waals surface area contributed by atoms with Crippen molar-refractivity contribution in [2.45, 2.75) is 19.9 Å². The van der Waals surface area contributed by atoms with Crippen molar-refractivity contribution in [1.29, 1.82) is 0 Å². The minimum absolute atomic E-state index is 0. The van der Waals surface area contributed by atoms with Gasteiger partial charge >= 0.3 is 5.97 Å². The number of nitrogens with zero attached hydrogens (tertiary/aromatic N) is 1. The van der Waals surface area contributed by atoms with Crippen LogP contribution in [0.25, 0.3) is 10.1 Å². The number of rotatable bonds is 5. The van der Waals surface area contributed by atoms with E-state index in [1.807, 2.05) is 13.8 Å². The molecule has 158 valence electrons. The van der Waals surface area contributed by atoms with Crippen molar-refractivity contribution in [3.8, 4) is 0 Å². The number of carbonyl (C=O) groups is 2. The topological polar surface area (TPSA) is 93.8 Å². The number of nitrogens with one attached hydrogen (secondary N) is 1. The van der Waals surface area contributed by atoms with Crippen LogP contribution >= 0.6 is 35.3 Å². The van der Waals surface area contributed by atoms with Crippen LogP contribution in [0.4, 0.5) is 5.69 Å². The van der Waals surface area contributed by atoms with E-state index >= 15 is 0 Å². The van der Waals surface area contributed by atoms with Crippen LogP contribution in [-0.2, 0) is 4.74 Å². The molecule has 3 N–H and O–H groups in total. The van der Waals surface area contributed by atoms with Crippen molar-refractivity contribution in [1.82, 2.24) is 0 Å². The van der Waals surface area contributed by atoms with Gasteiger partial charge in [-0.25, -0.2) is 4.79 Å². The van der Waals surface area contributed by atoms with Gasteiger partial charge in [0, 0.05) is 27.4 Å². The molecule has 0 fully saturated rings. The third-order valence-electron chi connectivity index (χ3n) is 4.09. The molecular weight excluding hydrogens is 445 g/mol. The molecule has 0 aliphatic rings. The van der Waals surface area contributed by atoms with E-state index in [-0.39, 0.29) is 24.4 Å². The van der Waals surface area contributed by atoms with Crippen molar-refractivity contribution in [3.05, 3.63) is 63.5 Å². The second-order valence-electron chi connectivity index (χ2n) is 6.59. The zero-order chi connectivity index (χ0) is 21.1. The second kappa shape index (κ2) is 9.93. The molecule has 0 spiro atoms. The molecule has 3 rings (SSSR count). The molecule has 30 heavy (non-hydrogen) atoms. The first-order valence-electron chi connectivity index (χ1n) is 8.85. The summed E-state index contributed by atoms with van der Waals surface area (Å²) in [7, 11) is 1.32. The van der Waals surface area contributed by atoms with Crippen LogP contribution in [-0.4, -0.2) is 30.9 Å². The number of thiophene rings is 1. The lowest BCUT2D eigenvalue weighted by atomic mass is 10.1. The Labute approximate surface area is 189 Å². The fraction of sp³-hybridized carbons (Fsp3) is 0.190. The molecular formula is C21H21Cl2N3O3S. The number of anilines is 1. The number of fused-ring (bicyclic) bond motifs is 1. The van der Waals surface area contributed by atoms with Crippen LogP contribution in [0.5, 0.6) is 0 Å². The van der Waals surface area contributed by atoms with Crippen LogP contribution in [0.3, 0.4) is 0 Å². The van der Waals surface area contributed by atoms with E-state index in [4.69, 9.17) is 22.1 Å². The number of esters is 1. The highest BCUT2D eigenvalue weighted by atomic mass is 35.5. The van der Waals surface area contributed by atoms with Gasteiger partial charge < -0.3 is 15.8 Å². The average molecular weight is 466 g/mol. The van der Waals surface area contributed by atoms with E-state index in [0.29, 0.717) is 32.4 Å². The van der Waals surface area contributed by atoms with E-state index in [1.54, 1.807) is 42.5 Å². The molecule has 0 aliphatic carbocycles. The fourth-order valence-electron chi connectivity index (χ4n) is 2.72. The summed E-state index contributed by atoms with van der Waals surface area (Å²) in [5.41, 5.74) is 7.76. The molecule has 0 saturated carbocycles. The predicted molar refractivity (Wildman–Crippen MR) is 126 cm³/mol. The largest absolute Gasteiger partial charge is 0.465 e. The zero-order valence-electron chi connectivity index (χ0n) is 16.6.